The molecule has 7 nitrogen and oxygen atoms in total. The van der Waals surface area contributed by atoms with E-state index in [0.29, 0.717) is 46.1 Å². The largest absolute Gasteiger partial charge is 0.379 e. The minimum Gasteiger partial charge on any atom is -0.379 e. The van der Waals surface area contributed by atoms with Gasteiger partial charge < -0.3 is 14.4 Å². The van der Waals surface area contributed by atoms with Gasteiger partial charge in [0.2, 0.25) is 10.0 Å². The quantitative estimate of drug-likeness (QED) is 0.767. The summed E-state index contributed by atoms with van der Waals surface area (Å²) in [6.45, 7) is 6.43. The average molecular weight is 403 g/mol. The van der Waals surface area contributed by atoms with E-state index in [1.54, 1.807) is 4.90 Å². The minimum absolute atomic E-state index is 0.0678. The number of carbonyl (C=O) groups is 1. The number of benzene rings is 1. The van der Waals surface area contributed by atoms with Gasteiger partial charge in [-0.05, 0) is 32.0 Å². The Kier molecular flexibility index (Phi) is 5.60. The lowest BCUT2D eigenvalue weighted by molar-refractivity contribution is -0.0370. The molecule has 3 rings (SSSR count). The van der Waals surface area contributed by atoms with E-state index in [9.17, 15) is 13.2 Å². The average Bonchev–Trinajstić information content (AvgIpc) is 2.62. The first-order chi connectivity index (χ1) is 12.2. The number of morpholine rings is 2. The summed E-state index contributed by atoms with van der Waals surface area (Å²) in [6.07, 6.45) is 0. The number of sulfonamides is 1. The van der Waals surface area contributed by atoms with Gasteiger partial charge in [0.05, 0.1) is 47.4 Å². The molecule has 2 aliphatic heterocycles. The van der Waals surface area contributed by atoms with Gasteiger partial charge >= 0.3 is 0 Å². The minimum atomic E-state index is -3.70. The van der Waals surface area contributed by atoms with Gasteiger partial charge in [-0.2, -0.15) is 4.31 Å². The lowest BCUT2D eigenvalue weighted by Gasteiger charge is -2.42. The van der Waals surface area contributed by atoms with Gasteiger partial charge in [0.25, 0.3) is 5.91 Å². The maximum Gasteiger partial charge on any atom is 0.256 e. The summed E-state index contributed by atoms with van der Waals surface area (Å²) in [5.74, 6) is -0.290. The van der Waals surface area contributed by atoms with Crippen molar-refractivity contribution in [1.29, 1.82) is 0 Å². The number of nitrogens with zero attached hydrogens (tertiary/aromatic N) is 2. The van der Waals surface area contributed by atoms with Crippen LogP contribution in [0.2, 0.25) is 5.02 Å². The van der Waals surface area contributed by atoms with E-state index >= 15 is 0 Å². The van der Waals surface area contributed by atoms with E-state index in [1.807, 2.05) is 13.8 Å². The van der Waals surface area contributed by atoms with Gasteiger partial charge in [0.1, 0.15) is 0 Å². The van der Waals surface area contributed by atoms with E-state index in [-0.39, 0.29) is 21.4 Å². The normalized spacial score (nSPS) is 21.6. The van der Waals surface area contributed by atoms with Crippen LogP contribution in [0.15, 0.2) is 23.1 Å². The van der Waals surface area contributed by atoms with Crippen molar-refractivity contribution >= 4 is 27.5 Å². The molecule has 1 amide bonds. The zero-order chi connectivity index (χ0) is 18.9. The highest BCUT2D eigenvalue weighted by molar-refractivity contribution is 7.89. The van der Waals surface area contributed by atoms with Gasteiger partial charge in [-0.25, -0.2) is 8.42 Å². The molecule has 144 valence electrons. The molecule has 2 aliphatic rings. The van der Waals surface area contributed by atoms with Crippen LogP contribution >= 0.6 is 11.6 Å². The van der Waals surface area contributed by atoms with Crippen LogP contribution in [0.25, 0.3) is 0 Å². The van der Waals surface area contributed by atoms with E-state index in [1.165, 1.54) is 22.5 Å². The molecule has 2 fully saturated rings. The zero-order valence-corrected chi connectivity index (χ0v) is 16.5. The van der Waals surface area contributed by atoms with Crippen molar-refractivity contribution in [2.75, 3.05) is 46.1 Å². The molecule has 0 N–H and O–H groups in total. The lowest BCUT2D eigenvalue weighted by atomic mass is 10.0. The van der Waals surface area contributed by atoms with Crippen molar-refractivity contribution in [3.8, 4) is 0 Å². The monoisotopic (exact) mass is 402 g/mol. The van der Waals surface area contributed by atoms with Crippen molar-refractivity contribution < 1.29 is 22.7 Å². The van der Waals surface area contributed by atoms with E-state index < -0.39 is 15.6 Å². The lowest BCUT2D eigenvalue weighted by Crippen LogP contribution is -2.55. The Morgan fingerprint density at radius 3 is 2.42 bits per heavy atom. The van der Waals surface area contributed by atoms with E-state index in [2.05, 4.69) is 0 Å². The second kappa shape index (κ2) is 7.44. The molecule has 0 saturated carbocycles. The molecule has 9 heteroatoms. The van der Waals surface area contributed by atoms with Crippen LogP contribution in [0.1, 0.15) is 24.2 Å². The number of amides is 1. The summed E-state index contributed by atoms with van der Waals surface area (Å²) in [4.78, 5) is 14.8. The Balaban J connectivity index is 1.94. The Bertz CT molecular complexity index is 790. The zero-order valence-electron chi connectivity index (χ0n) is 14.9. The fourth-order valence-electron chi connectivity index (χ4n) is 3.14. The smallest absolute Gasteiger partial charge is 0.256 e. The number of rotatable bonds is 3. The van der Waals surface area contributed by atoms with Crippen molar-refractivity contribution in [3.05, 3.63) is 28.8 Å². The van der Waals surface area contributed by atoms with Gasteiger partial charge in [-0.3, -0.25) is 4.79 Å². The molecule has 0 radical (unpaired) electrons. The second-order valence-electron chi connectivity index (χ2n) is 6.98. The number of hydrogen-bond donors (Lipinski definition) is 0. The fourth-order valence-corrected chi connectivity index (χ4v) is 4.78. The molecular formula is C17H23ClN2O5S. The van der Waals surface area contributed by atoms with Crippen LogP contribution in [-0.2, 0) is 19.5 Å². The van der Waals surface area contributed by atoms with E-state index in [4.69, 9.17) is 21.1 Å². The summed E-state index contributed by atoms with van der Waals surface area (Å²) in [7, 11) is -3.70. The van der Waals surface area contributed by atoms with Crippen LogP contribution in [0.5, 0.6) is 0 Å². The molecule has 0 unspecified atom stereocenters. The molecule has 2 saturated heterocycles. The molecule has 26 heavy (non-hydrogen) atoms. The van der Waals surface area contributed by atoms with Crippen molar-refractivity contribution in [2.24, 2.45) is 0 Å². The predicted octanol–water partition coefficient (Wildman–Crippen LogP) is 1.61. The standard InChI is InChI=1S/C17H23ClN2O5S/c1-17(2)12-25-10-7-20(17)16(21)14-11-13(3-4-15(14)18)26(22,23)19-5-8-24-9-6-19/h3-4,11H,5-10,12H2,1-2H3. The topological polar surface area (TPSA) is 76.2 Å². The number of hydrogen-bond acceptors (Lipinski definition) is 5. The Hall–Kier alpha value is -1.19. The summed E-state index contributed by atoms with van der Waals surface area (Å²) in [5, 5.41) is 0.234. The molecule has 2 heterocycles. The highest BCUT2D eigenvalue weighted by Gasteiger charge is 2.36. The number of ether oxygens (including phenoxy) is 2. The van der Waals surface area contributed by atoms with Crippen LogP contribution in [0.4, 0.5) is 0 Å². The summed E-state index contributed by atoms with van der Waals surface area (Å²) >= 11 is 6.23. The highest BCUT2D eigenvalue weighted by atomic mass is 35.5. The van der Waals surface area contributed by atoms with Gasteiger partial charge in [0, 0.05) is 19.6 Å². The van der Waals surface area contributed by atoms with Crippen LogP contribution in [-0.4, -0.2) is 75.1 Å². The third-order valence-corrected chi connectivity index (χ3v) is 6.89. The van der Waals surface area contributed by atoms with Crippen LogP contribution in [0.3, 0.4) is 0 Å². The van der Waals surface area contributed by atoms with E-state index in [0.717, 1.165) is 0 Å². The maximum absolute atomic E-state index is 13.0. The Labute approximate surface area is 158 Å². The number of carbonyl (C=O) groups excluding carboxylic acids is 1. The predicted molar refractivity (Wildman–Crippen MR) is 97.0 cm³/mol. The summed E-state index contributed by atoms with van der Waals surface area (Å²) in [5.41, 5.74) is -0.298. The third kappa shape index (κ3) is 3.75. The van der Waals surface area contributed by atoms with Crippen molar-refractivity contribution in [2.45, 2.75) is 24.3 Å². The number of halogens is 1. The maximum atomic E-state index is 13.0. The molecule has 0 aromatic heterocycles. The van der Waals surface area contributed by atoms with Crippen molar-refractivity contribution in [3.63, 3.8) is 0 Å². The molecule has 0 aliphatic carbocycles. The molecule has 1 aromatic carbocycles. The highest BCUT2D eigenvalue weighted by Crippen LogP contribution is 2.28. The third-order valence-electron chi connectivity index (χ3n) is 4.67. The molecule has 0 atom stereocenters. The molecule has 0 spiro atoms. The van der Waals surface area contributed by atoms with Crippen LogP contribution in [0, 0.1) is 0 Å². The first-order valence-corrected chi connectivity index (χ1v) is 10.3. The summed E-state index contributed by atoms with van der Waals surface area (Å²) < 4.78 is 37.7. The SMILES string of the molecule is CC1(C)COCCN1C(=O)c1cc(S(=O)(=O)N2CCOCC2)ccc1Cl. The van der Waals surface area contributed by atoms with Gasteiger partial charge in [-0.1, -0.05) is 11.6 Å². The van der Waals surface area contributed by atoms with Gasteiger partial charge in [0.15, 0.2) is 0 Å². The van der Waals surface area contributed by atoms with Gasteiger partial charge in [-0.15, -0.1) is 0 Å². The summed E-state index contributed by atoms with van der Waals surface area (Å²) in [6, 6.07) is 4.28. The first-order valence-electron chi connectivity index (χ1n) is 8.51. The molecule has 1 aromatic rings. The van der Waals surface area contributed by atoms with Crippen molar-refractivity contribution in [1.82, 2.24) is 9.21 Å². The fraction of sp³-hybridized carbons (Fsp3) is 0.588. The Morgan fingerprint density at radius 1 is 1.12 bits per heavy atom. The molecular weight excluding hydrogens is 380 g/mol. The van der Waals surface area contributed by atoms with Crippen LogP contribution < -0.4 is 0 Å². The molecule has 0 bridgehead atoms. The first kappa shape index (κ1) is 19.6. The Morgan fingerprint density at radius 2 is 1.77 bits per heavy atom. The second-order valence-corrected chi connectivity index (χ2v) is 9.33.